The summed E-state index contributed by atoms with van der Waals surface area (Å²) in [5.74, 6) is -0.763. The Morgan fingerprint density at radius 3 is 1.98 bits per heavy atom. The van der Waals surface area contributed by atoms with E-state index < -0.39 is 28.5 Å². The van der Waals surface area contributed by atoms with Gasteiger partial charge in [-0.1, -0.05) is 97.9 Å². The third-order valence-electron chi connectivity index (χ3n) is 7.48. The Kier molecular flexibility index (Phi) is 10.7. The lowest BCUT2D eigenvalue weighted by atomic mass is 10.0. The third kappa shape index (κ3) is 7.70. The van der Waals surface area contributed by atoms with Crippen molar-refractivity contribution in [2.75, 3.05) is 17.4 Å². The molecule has 0 saturated carbocycles. The van der Waals surface area contributed by atoms with Crippen molar-refractivity contribution < 1.29 is 18.0 Å². The fourth-order valence-corrected chi connectivity index (χ4v) is 6.58. The van der Waals surface area contributed by atoms with Crippen LogP contribution in [0.15, 0.2) is 114 Å². The van der Waals surface area contributed by atoms with Crippen molar-refractivity contribution in [1.29, 1.82) is 0 Å². The average molecular weight is 598 g/mol. The number of amides is 2. The van der Waals surface area contributed by atoms with Crippen LogP contribution in [0.3, 0.4) is 0 Å². The minimum Gasteiger partial charge on any atom is -0.355 e. The molecule has 8 heteroatoms. The van der Waals surface area contributed by atoms with Gasteiger partial charge in [-0.3, -0.25) is 13.9 Å². The first-order valence-electron chi connectivity index (χ1n) is 14.6. The molecular formula is C35H39N3O4S. The Morgan fingerprint density at radius 1 is 0.767 bits per heavy atom. The second-order valence-electron chi connectivity index (χ2n) is 10.4. The van der Waals surface area contributed by atoms with Gasteiger partial charge >= 0.3 is 0 Å². The van der Waals surface area contributed by atoms with Crippen LogP contribution in [0.1, 0.15) is 36.1 Å². The normalized spacial score (nSPS) is 11.9. The van der Waals surface area contributed by atoms with Gasteiger partial charge in [-0.25, -0.2) is 8.42 Å². The van der Waals surface area contributed by atoms with Gasteiger partial charge in [0, 0.05) is 19.5 Å². The smallest absolute Gasteiger partial charge is 0.264 e. The van der Waals surface area contributed by atoms with E-state index in [9.17, 15) is 18.0 Å². The monoisotopic (exact) mass is 597 g/mol. The fourth-order valence-electron chi connectivity index (χ4n) is 5.10. The minimum absolute atomic E-state index is 0.0868. The summed E-state index contributed by atoms with van der Waals surface area (Å²) in [6, 6.07) is 31.7. The van der Waals surface area contributed by atoms with Crippen molar-refractivity contribution in [3.05, 3.63) is 131 Å². The van der Waals surface area contributed by atoms with Gasteiger partial charge in [-0.15, -0.1) is 0 Å². The highest BCUT2D eigenvalue weighted by molar-refractivity contribution is 7.92. The number of aryl methyl sites for hydroxylation is 2. The summed E-state index contributed by atoms with van der Waals surface area (Å²) in [4.78, 5) is 29.7. The lowest BCUT2D eigenvalue weighted by Gasteiger charge is -2.34. The predicted molar refractivity (Wildman–Crippen MR) is 171 cm³/mol. The molecular weight excluding hydrogens is 558 g/mol. The number of likely N-dealkylation sites (N-methyl/N-ethyl adjacent to an activating group) is 1. The molecule has 0 heterocycles. The summed E-state index contributed by atoms with van der Waals surface area (Å²) >= 11 is 0. The molecule has 0 bridgehead atoms. The molecule has 0 aliphatic rings. The third-order valence-corrected chi connectivity index (χ3v) is 9.25. The molecule has 0 saturated heterocycles. The van der Waals surface area contributed by atoms with Crippen molar-refractivity contribution in [3.63, 3.8) is 0 Å². The number of rotatable bonds is 13. The molecule has 224 valence electrons. The zero-order chi connectivity index (χ0) is 30.8. The van der Waals surface area contributed by atoms with Gasteiger partial charge in [-0.2, -0.15) is 0 Å². The Bertz CT molecular complexity index is 1630. The lowest BCUT2D eigenvalue weighted by Crippen LogP contribution is -2.53. The van der Waals surface area contributed by atoms with Gasteiger partial charge in [-0.05, 0) is 60.7 Å². The Balaban J connectivity index is 1.82. The van der Waals surface area contributed by atoms with Crippen LogP contribution in [0.25, 0.3) is 0 Å². The number of para-hydroxylation sites is 1. The van der Waals surface area contributed by atoms with Crippen molar-refractivity contribution in [2.45, 2.75) is 51.1 Å². The summed E-state index contributed by atoms with van der Waals surface area (Å²) in [7, 11) is -4.13. The van der Waals surface area contributed by atoms with E-state index in [1.807, 2.05) is 87.5 Å². The Labute approximate surface area is 255 Å². The highest BCUT2D eigenvalue weighted by atomic mass is 32.2. The molecule has 4 rings (SSSR count). The highest BCUT2D eigenvalue weighted by Gasteiger charge is 2.35. The van der Waals surface area contributed by atoms with Crippen LogP contribution >= 0.6 is 0 Å². The lowest BCUT2D eigenvalue weighted by molar-refractivity contribution is -0.140. The first-order valence-corrected chi connectivity index (χ1v) is 16.0. The number of benzene rings is 4. The molecule has 0 radical (unpaired) electrons. The minimum atomic E-state index is -4.13. The maximum absolute atomic E-state index is 14.5. The van der Waals surface area contributed by atoms with E-state index >= 15 is 0 Å². The SMILES string of the molecule is CCNC(=O)[C@H](Cc1ccccc1)N(Cc1ccccc1C)C(=O)CN(c1ccccc1CC)S(=O)(=O)c1ccccc1. The second kappa shape index (κ2) is 14.6. The van der Waals surface area contributed by atoms with E-state index in [0.29, 0.717) is 18.7 Å². The van der Waals surface area contributed by atoms with Crippen LogP contribution < -0.4 is 9.62 Å². The molecule has 1 atom stereocenters. The number of carbonyl (C=O) groups excluding carboxylic acids is 2. The van der Waals surface area contributed by atoms with Crippen molar-refractivity contribution >= 4 is 27.5 Å². The van der Waals surface area contributed by atoms with Crippen LogP contribution in [0.4, 0.5) is 5.69 Å². The van der Waals surface area contributed by atoms with Crippen LogP contribution in [-0.2, 0) is 39.0 Å². The van der Waals surface area contributed by atoms with E-state index in [2.05, 4.69) is 5.32 Å². The number of nitrogens with one attached hydrogen (secondary N) is 1. The summed E-state index contributed by atoms with van der Waals surface area (Å²) in [6.45, 7) is 5.82. The number of hydrogen-bond acceptors (Lipinski definition) is 4. The molecule has 0 fully saturated rings. The second-order valence-corrected chi connectivity index (χ2v) is 12.2. The van der Waals surface area contributed by atoms with Gasteiger partial charge in [0.2, 0.25) is 11.8 Å². The van der Waals surface area contributed by atoms with E-state index in [4.69, 9.17) is 0 Å². The first kappa shape index (κ1) is 31.5. The van der Waals surface area contributed by atoms with Crippen LogP contribution in [0.2, 0.25) is 0 Å². The number of sulfonamides is 1. The summed E-state index contributed by atoms with van der Waals surface area (Å²) in [5.41, 5.74) is 3.98. The van der Waals surface area contributed by atoms with Crippen molar-refractivity contribution in [3.8, 4) is 0 Å². The number of carbonyl (C=O) groups is 2. The Hall–Kier alpha value is -4.43. The van der Waals surface area contributed by atoms with E-state index in [1.165, 1.54) is 21.3 Å². The average Bonchev–Trinajstić information content (AvgIpc) is 3.03. The van der Waals surface area contributed by atoms with Crippen LogP contribution in [0, 0.1) is 6.92 Å². The fraction of sp³-hybridized carbons (Fsp3) is 0.257. The molecule has 0 aliphatic carbocycles. The van der Waals surface area contributed by atoms with Crippen LogP contribution in [-0.4, -0.2) is 44.3 Å². The molecule has 0 aliphatic heterocycles. The summed E-state index contributed by atoms with van der Waals surface area (Å²) < 4.78 is 29.5. The highest BCUT2D eigenvalue weighted by Crippen LogP contribution is 2.28. The van der Waals surface area contributed by atoms with Crippen molar-refractivity contribution in [1.82, 2.24) is 10.2 Å². The predicted octanol–water partition coefficient (Wildman–Crippen LogP) is 5.53. The summed E-state index contributed by atoms with van der Waals surface area (Å²) in [6.07, 6.45) is 0.856. The standard InChI is InChI=1S/C35H39N3O4S/c1-4-29-19-14-15-23-32(29)38(43(41,42)31-21-10-7-11-22-31)26-34(39)37(25-30-20-13-12-16-27(30)3)33(35(40)36-5-2)24-28-17-8-6-9-18-28/h6-23,33H,4-5,24-26H2,1-3H3,(H,36,40)/t33-/m0/s1. The van der Waals surface area contributed by atoms with Gasteiger partial charge in [0.05, 0.1) is 10.6 Å². The zero-order valence-corrected chi connectivity index (χ0v) is 25.8. The van der Waals surface area contributed by atoms with Gasteiger partial charge in [0.15, 0.2) is 0 Å². The zero-order valence-electron chi connectivity index (χ0n) is 24.9. The largest absolute Gasteiger partial charge is 0.355 e. The molecule has 7 nitrogen and oxygen atoms in total. The Morgan fingerprint density at radius 2 is 1.35 bits per heavy atom. The molecule has 4 aromatic rings. The molecule has 2 amide bonds. The molecule has 4 aromatic carbocycles. The molecule has 0 unspecified atom stereocenters. The van der Waals surface area contributed by atoms with Crippen molar-refractivity contribution in [2.24, 2.45) is 0 Å². The molecule has 1 N–H and O–H groups in total. The maximum Gasteiger partial charge on any atom is 0.264 e. The number of anilines is 1. The molecule has 0 aromatic heterocycles. The van der Waals surface area contributed by atoms with E-state index in [0.717, 1.165) is 22.3 Å². The van der Waals surface area contributed by atoms with E-state index in [-0.39, 0.29) is 23.8 Å². The number of hydrogen-bond donors (Lipinski definition) is 1. The van der Waals surface area contributed by atoms with Gasteiger partial charge < -0.3 is 10.2 Å². The van der Waals surface area contributed by atoms with Gasteiger partial charge in [0.1, 0.15) is 12.6 Å². The van der Waals surface area contributed by atoms with Gasteiger partial charge in [0.25, 0.3) is 10.0 Å². The topological polar surface area (TPSA) is 86.8 Å². The van der Waals surface area contributed by atoms with Crippen LogP contribution in [0.5, 0.6) is 0 Å². The first-order chi connectivity index (χ1) is 20.8. The quantitative estimate of drug-likeness (QED) is 0.220. The van der Waals surface area contributed by atoms with E-state index in [1.54, 1.807) is 30.3 Å². The number of nitrogens with zero attached hydrogens (tertiary/aromatic N) is 2. The summed E-state index contributed by atoms with van der Waals surface area (Å²) in [5, 5.41) is 2.90. The molecule has 43 heavy (non-hydrogen) atoms. The maximum atomic E-state index is 14.5. The molecule has 0 spiro atoms.